The van der Waals surface area contributed by atoms with Crippen molar-refractivity contribution in [2.75, 3.05) is 0 Å². The first-order chi connectivity index (χ1) is 7.52. The second-order valence-electron chi connectivity index (χ2n) is 3.24. The fourth-order valence-electron chi connectivity index (χ4n) is 1.03. The molecular weight excluding hydrogens is 251 g/mol. The molecule has 4 nitrogen and oxygen atoms in total. The summed E-state index contributed by atoms with van der Waals surface area (Å²) < 4.78 is 4.98. The Bertz CT molecular complexity index is 365. The van der Waals surface area contributed by atoms with Crippen LogP contribution < -0.4 is 5.73 Å². The number of carbonyl (C=O) groups excluding carboxylic acids is 1. The minimum Gasteiger partial charge on any atom is -0.460 e. The second-order valence-corrected chi connectivity index (χ2v) is 4.02. The first-order valence-electron chi connectivity index (χ1n) is 4.77. The molecule has 0 radical (unpaired) electrons. The summed E-state index contributed by atoms with van der Waals surface area (Å²) in [6.07, 6.45) is 0.538. The largest absolute Gasteiger partial charge is 0.460 e. The van der Waals surface area contributed by atoms with E-state index in [1.54, 1.807) is 12.1 Å². The molecular formula is C10H12Cl2N2O2. The van der Waals surface area contributed by atoms with Crippen molar-refractivity contribution in [1.29, 1.82) is 0 Å². The number of hydrogen-bond donors (Lipinski definition) is 1. The quantitative estimate of drug-likeness (QED) is 0.667. The summed E-state index contributed by atoms with van der Waals surface area (Å²) in [6, 6.07) is 2.57. The molecule has 0 aliphatic carbocycles. The molecule has 0 saturated carbocycles. The van der Waals surface area contributed by atoms with Crippen molar-refractivity contribution in [1.82, 2.24) is 4.98 Å². The molecule has 1 rings (SSSR count). The highest BCUT2D eigenvalue weighted by atomic mass is 35.5. The zero-order valence-corrected chi connectivity index (χ0v) is 10.3. The molecule has 0 saturated heterocycles. The van der Waals surface area contributed by atoms with Crippen molar-refractivity contribution in [2.24, 2.45) is 5.73 Å². The topological polar surface area (TPSA) is 65.2 Å². The van der Waals surface area contributed by atoms with Gasteiger partial charge in [0.15, 0.2) is 0 Å². The Morgan fingerprint density at radius 2 is 2.06 bits per heavy atom. The lowest BCUT2D eigenvalue weighted by Gasteiger charge is -2.09. The van der Waals surface area contributed by atoms with Crippen LogP contribution in [-0.2, 0) is 16.1 Å². The van der Waals surface area contributed by atoms with E-state index in [9.17, 15) is 4.79 Å². The summed E-state index contributed by atoms with van der Waals surface area (Å²) in [6.45, 7) is 1.90. The minimum absolute atomic E-state index is 0.0918. The van der Waals surface area contributed by atoms with E-state index >= 15 is 0 Å². The Balaban J connectivity index is 2.58. The van der Waals surface area contributed by atoms with Crippen molar-refractivity contribution in [3.05, 3.63) is 28.0 Å². The molecule has 0 aliphatic heterocycles. The lowest BCUT2D eigenvalue weighted by Crippen LogP contribution is -2.31. The van der Waals surface area contributed by atoms with Gasteiger partial charge in [-0.2, -0.15) is 0 Å². The van der Waals surface area contributed by atoms with Crippen molar-refractivity contribution < 1.29 is 9.53 Å². The number of halogens is 2. The molecule has 2 N–H and O–H groups in total. The maximum absolute atomic E-state index is 11.3. The van der Waals surface area contributed by atoms with Crippen LogP contribution in [0.1, 0.15) is 18.9 Å². The molecule has 0 aliphatic rings. The van der Waals surface area contributed by atoms with Gasteiger partial charge < -0.3 is 10.5 Å². The number of pyridine rings is 1. The molecule has 1 aromatic heterocycles. The summed E-state index contributed by atoms with van der Waals surface area (Å²) in [5.74, 6) is -0.438. The Morgan fingerprint density at radius 1 is 1.50 bits per heavy atom. The van der Waals surface area contributed by atoms with E-state index in [-0.39, 0.29) is 16.9 Å². The monoisotopic (exact) mass is 262 g/mol. The predicted molar refractivity (Wildman–Crippen MR) is 62.3 cm³/mol. The van der Waals surface area contributed by atoms with Crippen LogP contribution in [0.3, 0.4) is 0 Å². The number of esters is 1. The molecule has 0 unspecified atom stereocenters. The van der Waals surface area contributed by atoms with Crippen LogP contribution in [0.5, 0.6) is 0 Å². The molecule has 6 heteroatoms. The van der Waals surface area contributed by atoms with E-state index in [1.165, 1.54) is 0 Å². The SMILES string of the molecule is CC[C@H](N)C(=O)OCc1cc(Cl)nc(Cl)c1. The number of aromatic nitrogens is 1. The third-order valence-electron chi connectivity index (χ3n) is 1.95. The Hall–Kier alpha value is -0.840. The zero-order chi connectivity index (χ0) is 12.1. The van der Waals surface area contributed by atoms with Crippen LogP contribution in [0.2, 0.25) is 10.3 Å². The normalized spacial score (nSPS) is 12.2. The number of ether oxygens (including phenoxy) is 1. The van der Waals surface area contributed by atoms with Gasteiger partial charge in [0, 0.05) is 0 Å². The molecule has 0 aromatic carbocycles. The second kappa shape index (κ2) is 6.03. The minimum atomic E-state index is -0.590. The van der Waals surface area contributed by atoms with E-state index in [0.29, 0.717) is 12.0 Å². The molecule has 88 valence electrons. The first kappa shape index (κ1) is 13.2. The molecule has 16 heavy (non-hydrogen) atoms. The van der Waals surface area contributed by atoms with Crippen molar-refractivity contribution >= 4 is 29.2 Å². The summed E-state index contributed by atoms with van der Waals surface area (Å²) in [7, 11) is 0. The van der Waals surface area contributed by atoms with Crippen molar-refractivity contribution in [2.45, 2.75) is 26.0 Å². The highest BCUT2D eigenvalue weighted by Gasteiger charge is 2.12. The molecule has 1 aromatic rings. The lowest BCUT2D eigenvalue weighted by molar-refractivity contribution is -0.146. The molecule has 0 spiro atoms. The van der Waals surface area contributed by atoms with Crippen LogP contribution in [0.15, 0.2) is 12.1 Å². The zero-order valence-electron chi connectivity index (χ0n) is 8.74. The van der Waals surface area contributed by atoms with Gasteiger partial charge in [-0.3, -0.25) is 4.79 Å². The van der Waals surface area contributed by atoms with E-state index < -0.39 is 12.0 Å². The number of hydrogen-bond acceptors (Lipinski definition) is 4. The van der Waals surface area contributed by atoms with Gasteiger partial charge in [0.2, 0.25) is 0 Å². The fourth-order valence-corrected chi connectivity index (χ4v) is 1.53. The molecule has 0 fully saturated rings. The Kier molecular flexibility index (Phi) is 4.99. The fraction of sp³-hybridized carbons (Fsp3) is 0.400. The lowest BCUT2D eigenvalue weighted by atomic mass is 10.2. The highest BCUT2D eigenvalue weighted by molar-refractivity contribution is 6.32. The first-order valence-corrected chi connectivity index (χ1v) is 5.52. The summed E-state index contributed by atoms with van der Waals surface area (Å²) in [5.41, 5.74) is 6.18. The Morgan fingerprint density at radius 3 is 2.56 bits per heavy atom. The van der Waals surface area contributed by atoms with Crippen LogP contribution in [-0.4, -0.2) is 17.0 Å². The van der Waals surface area contributed by atoms with Gasteiger partial charge in [-0.15, -0.1) is 0 Å². The number of rotatable bonds is 4. The van der Waals surface area contributed by atoms with Gasteiger partial charge >= 0.3 is 5.97 Å². The standard InChI is InChI=1S/C10H12Cl2N2O2/c1-2-7(13)10(15)16-5-6-3-8(11)14-9(12)4-6/h3-4,7H,2,5,13H2,1H3/t7-/m0/s1. The van der Waals surface area contributed by atoms with E-state index in [2.05, 4.69) is 4.98 Å². The number of nitrogens with two attached hydrogens (primary N) is 1. The summed E-state index contributed by atoms with van der Waals surface area (Å²) in [5, 5.41) is 0.525. The average Bonchev–Trinajstić information content (AvgIpc) is 2.23. The van der Waals surface area contributed by atoms with Gasteiger partial charge in [0.05, 0.1) is 0 Å². The van der Waals surface area contributed by atoms with Crippen LogP contribution in [0, 0.1) is 0 Å². The molecule has 1 heterocycles. The third-order valence-corrected chi connectivity index (χ3v) is 2.33. The van der Waals surface area contributed by atoms with Gasteiger partial charge in [-0.1, -0.05) is 30.1 Å². The maximum Gasteiger partial charge on any atom is 0.323 e. The molecule has 0 bridgehead atoms. The van der Waals surface area contributed by atoms with Gasteiger partial charge in [0.25, 0.3) is 0 Å². The van der Waals surface area contributed by atoms with E-state index in [4.69, 9.17) is 33.7 Å². The number of carbonyl (C=O) groups is 1. The predicted octanol–water partition coefficient (Wildman–Crippen LogP) is 2.17. The van der Waals surface area contributed by atoms with Gasteiger partial charge in [-0.05, 0) is 24.1 Å². The number of nitrogens with zero attached hydrogens (tertiary/aromatic N) is 1. The summed E-state index contributed by atoms with van der Waals surface area (Å²) >= 11 is 11.4. The average molecular weight is 263 g/mol. The van der Waals surface area contributed by atoms with Gasteiger partial charge in [0.1, 0.15) is 23.0 Å². The maximum atomic E-state index is 11.3. The van der Waals surface area contributed by atoms with Crippen LogP contribution in [0.4, 0.5) is 0 Å². The van der Waals surface area contributed by atoms with Crippen LogP contribution in [0.25, 0.3) is 0 Å². The van der Waals surface area contributed by atoms with E-state index in [1.807, 2.05) is 6.92 Å². The van der Waals surface area contributed by atoms with Crippen molar-refractivity contribution in [3.63, 3.8) is 0 Å². The summed E-state index contributed by atoms with van der Waals surface area (Å²) in [4.78, 5) is 15.1. The van der Waals surface area contributed by atoms with Crippen molar-refractivity contribution in [3.8, 4) is 0 Å². The van der Waals surface area contributed by atoms with E-state index in [0.717, 1.165) is 0 Å². The van der Waals surface area contributed by atoms with Gasteiger partial charge in [-0.25, -0.2) is 4.98 Å². The Labute approximate surface area is 104 Å². The molecule has 0 amide bonds. The van der Waals surface area contributed by atoms with Crippen LogP contribution >= 0.6 is 23.2 Å². The molecule has 1 atom stereocenters. The smallest absolute Gasteiger partial charge is 0.323 e. The highest BCUT2D eigenvalue weighted by Crippen LogP contribution is 2.15. The third kappa shape index (κ3) is 3.96.